The predicted octanol–water partition coefficient (Wildman–Crippen LogP) is 3.91. The largest absolute Gasteiger partial charge is 0.337 e. The molecule has 0 fully saturated rings. The fourth-order valence-corrected chi connectivity index (χ4v) is 5.19. The topological polar surface area (TPSA) is 62.8 Å². The lowest BCUT2D eigenvalue weighted by Gasteiger charge is -1.97. The van der Waals surface area contributed by atoms with Crippen molar-refractivity contribution in [2.75, 3.05) is 6.26 Å². The van der Waals surface area contributed by atoms with E-state index in [4.69, 9.17) is 0 Å². The van der Waals surface area contributed by atoms with Gasteiger partial charge in [0.05, 0.1) is 15.3 Å². The van der Waals surface area contributed by atoms with Crippen LogP contribution in [0.1, 0.15) is 0 Å². The van der Waals surface area contributed by atoms with E-state index in [-0.39, 0.29) is 4.90 Å². The predicted molar refractivity (Wildman–Crippen MR) is 87.9 cm³/mol. The number of para-hydroxylation sites is 1. The molecule has 1 aromatic carbocycles. The lowest BCUT2D eigenvalue weighted by Crippen LogP contribution is -1.97. The number of nitrogens with zero attached hydrogens (tertiary/aromatic N) is 1. The molecule has 3 heterocycles. The highest BCUT2D eigenvalue weighted by atomic mass is 32.2. The summed E-state index contributed by atoms with van der Waals surface area (Å²) in [6, 6.07) is 9.33. The number of rotatable bonds is 2. The number of aromatic amines is 1. The maximum Gasteiger partial charge on any atom is 0.177 e. The number of nitrogens with one attached hydrogen (secondary N) is 1. The van der Waals surface area contributed by atoms with E-state index in [1.54, 1.807) is 34.8 Å². The second kappa shape index (κ2) is 4.40. The first kappa shape index (κ1) is 13.0. The average Bonchev–Trinajstić information content (AvgIpc) is 3.09. The van der Waals surface area contributed by atoms with Crippen molar-refractivity contribution < 1.29 is 8.42 Å². The van der Waals surface area contributed by atoms with Gasteiger partial charge in [-0.2, -0.15) is 0 Å². The van der Waals surface area contributed by atoms with Gasteiger partial charge in [-0.3, -0.25) is 0 Å². The summed E-state index contributed by atoms with van der Waals surface area (Å²) < 4.78 is 26.1. The second-order valence-corrected chi connectivity index (χ2v) is 8.79. The molecule has 0 spiro atoms. The maximum absolute atomic E-state index is 11.8. The number of hydrogen-bond donors (Lipinski definition) is 1. The fraction of sp³-hybridized carbons (Fsp3) is 0.0714. The fourth-order valence-electron chi connectivity index (χ4n) is 2.30. The molecule has 4 aromatic rings. The Bertz CT molecular complexity index is 1040. The molecule has 0 saturated heterocycles. The summed E-state index contributed by atoms with van der Waals surface area (Å²) in [4.78, 5) is 9.00. The molecule has 0 radical (unpaired) electrons. The van der Waals surface area contributed by atoms with Crippen LogP contribution >= 0.6 is 22.7 Å². The van der Waals surface area contributed by atoms with Crippen molar-refractivity contribution in [3.05, 3.63) is 35.7 Å². The van der Waals surface area contributed by atoms with Gasteiger partial charge in [0, 0.05) is 15.7 Å². The molecule has 0 saturated carbocycles. The van der Waals surface area contributed by atoms with Crippen LogP contribution in [0.15, 0.2) is 40.6 Å². The zero-order chi connectivity index (χ0) is 14.6. The van der Waals surface area contributed by atoms with Crippen molar-refractivity contribution in [3.8, 4) is 10.7 Å². The van der Waals surface area contributed by atoms with Crippen molar-refractivity contribution in [1.29, 1.82) is 0 Å². The SMILES string of the molecule is CS(=O)(=O)c1cccc2[nH]c(-c3cc4sccc4s3)nc12. The molecule has 7 heteroatoms. The third kappa shape index (κ3) is 2.08. The Balaban J connectivity index is 1.97. The number of benzene rings is 1. The normalized spacial score (nSPS) is 12.4. The van der Waals surface area contributed by atoms with Crippen molar-refractivity contribution in [2.45, 2.75) is 4.90 Å². The molecule has 4 nitrogen and oxygen atoms in total. The molecule has 106 valence electrons. The first-order chi connectivity index (χ1) is 10.0. The molecule has 0 atom stereocenters. The van der Waals surface area contributed by atoms with Gasteiger partial charge in [-0.15, -0.1) is 22.7 Å². The van der Waals surface area contributed by atoms with Crippen LogP contribution in [0, 0.1) is 0 Å². The van der Waals surface area contributed by atoms with Gasteiger partial charge < -0.3 is 4.98 Å². The average molecular weight is 334 g/mol. The highest BCUT2D eigenvalue weighted by Crippen LogP contribution is 2.36. The summed E-state index contributed by atoms with van der Waals surface area (Å²) >= 11 is 3.34. The zero-order valence-corrected chi connectivity index (χ0v) is 13.4. The number of sulfone groups is 1. The second-order valence-electron chi connectivity index (χ2n) is 4.77. The van der Waals surface area contributed by atoms with E-state index < -0.39 is 9.84 Å². The van der Waals surface area contributed by atoms with E-state index in [2.05, 4.69) is 27.5 Å². The van der Waals surface area contributed by atoms with Gasteiger partial charge >= 0.3 is 0 Å². The third-order valence-electron chi connectivity index (χ3n) is 3.25. The Labute approximate surface area is 129 Å². The Hall–Kier alpha value is -1.70. The molecule has 0 bridgehead atoms. The van der Waals surface area contributed by atoms with Crippen molar-refractivity contribution >= 4 is 52.9 Å². The third-order valence-corrected chi connectivity index (χ3v) is 6.48. The van der Waals surface area contributed by atoms with Gasteiger partial charge in [0.25, 0.3) is 0 Å². The number of H-pyrrole nitrogens is 1. The van der Waals surface area contributed by atoms with Gasteiger partial charge in [-0.1, -0.05) is 6.07 Å². The van der Waals surface area contributed by atoms with E-state index in [0.29, 0.717) is 5.52 Å². The van der Waals surface area contributed by atoms with Crippen LogP contribution in [0.5, 0.6) is 0 Å². The number of imidazole rings is 1. The first-order valence-corrected chi connectivity index (χ1v) is 9.77. The molecule has 1 N–H and O–H groups in total. The summed E-state index contributed by atoms with van der Waals surface area (Å²) in [5, 5.41) is 2.06. The summed E-state index contributed by atoms with van der Waals surface area (Å²) in [7, 11) is -3.29. The monoisotopic (exact) mass is 334 g/mol. The summed E-state index contributed by atoms with van der Waals surface area (Å²) in [5.74, 6) is 0.717. The summed E-state index contributed by atoms with van der Waals surface area (Å²) in [6.45, 7) is 0. The standard InChI is InChI=1S/C14H10N2O2S3/c1-21(17,18)12-4-2-3-8-13(12)16-14(15-8)11-7-10-9(20-11)5-6-19-10/h2-7H,1H3,(H,15,16). The minimum atomic E-state index is -3.29. The van der Waals surface area contributed by atoms with Crippen LogP contribution < -0.4 is 0 Å². The van der Waals surface area contributed by atoms with Crippen LogP contribution in [0.4, 0.5) is 0 Å². The van der Waals surface area contributed by atoms with E-state index in [0.717, 1.165) is 16.2 Å². The zero-order valence-electron chi connectivity index (χ0n) is 11.0. The van der Waals surface area contributed by atoms with E-state index >= 15 is 0 Å². The Morgan fingerprint density at radius 2 is 2.05 bits per heavy atom. The minimum Gasteiger partial charge on any atom is -0.337 e. The van der Waals surface area contributed by atoms with Crippen LogP contribution in [0.25, 0.3) is 31.1 Å². The summed E-state index contributed by atoms with van der Waals surface area (Å²) in [6.07, 6.45) is 1.21. The van der Waals surface area contributed by atoms with Crippen molar-refractivity contribution in [2.24, 2.45) is 0 Å². The Morgan fingerprint density at radius 3 is 2.81 bits per heavy atom. The molecule has 0 aliphatic heterocycles. The van der Waals surface area contributed by atoms with Crippen molar-refractivity contribution in [1.82, 2.24) is 9.97 Å². The highest BCUT2D eigenvalue weighted by molar-refractivity contribution is 7.91. The maximum atomic E-state index is 11.8. The molecule has 4 rings (SSSR count). The van der Waals surface area contributed by atoms with E-state index in [1.165, 1.54) is 15.7 Å². The van der Waals surface area contributed by atoms with Crippen LogP contribution in [-0.2, 0) is 9.84 Å². The van der Waals surface area contributed by atoms with Gasteiger partial charge in [0.15, 0.2) is 9.84 Å². The van der Waals surface area contributed by atoms with Gasteiger partial charge in [-0.25, -0.2) is 13.4 Å². The molecular formula is C14H10N2O2S3. The van der Waals surface area contributed by atoms with Gasteiger partial charge in [0.1, 0.15) is 11.3 Å². The molecular weight excluding hydrogens is 324 g/mol. The molecule has 0 aliphatic carbocycles. The number of fused-ring (bicyclic) bond motifs is 2. The number of hydrogen-bond acceptors (Lipinski definition) is 5. The van der Waals surface area contributed by atoms with Gasteiger partial charge in [-0.05, 0) is 29.6 Å². The molecule has 0 amide bonds. The molecule has 0 aliphatic rings. The van der Waals surface area contributed by atoms with Crippen molar-refractivity contribution in [3.63, 3.8) is 0 Å². The Morgan fingerprint density at radius 1 is 1.19 bits per heavy atom. The number of aromatic nitrogens is 2. The lowest BCUT2D eigenvalue weighted by atomic mass is 10.3. The van der Waals surface area contributed by atoms with E-state index in [1.807, 2.05) is 6.07 Å². The Kier molecular flexibility index (Phi) is 2.72. The quantitative estimate of drug-likeness (QED) is 0.604. The lowest BCUT2D eigenvalue weighted by molar-refractivity contribution is 0.602. The smallest absolute Gasteiger partial charge is 0.177 e. The van der Waals surface area contributed by atoms with Crippen LogP contribution in [-0.4, -0.2) is 24.6 Å². The van der Waals surface area contributed by atoms with Crippen LogP contribution in [0.3, 0.4) is 0 Å². The molecule has 0 unspecified atom stereocenters. The minimum absolute atomic E-state index is 0.265. The number of thiophene rings is 2. The van der Waals surface area contributed by atoms with E-state index in [9.17, 15) is 8.42 Å². The van der Waals surface area contributed by atoms with Gasteiger partial charge in [0.2, 0.25) is 0 Å². The highest BCUT2D eigenvalue weighted by Gasteiger charge is 2.16. The molecule has 21 heavy (non-hydrogen) atoms. The van der Waals surface area contributed by atoms with Crippen LogP contribution in [0.2, 0.25) is 0 Å². The summed E-state index contributed by atoms with van der Waals surface area (Å²) in [5.41, 5.74) is 1.25. The first-order valence-electron chi connectivity index (χ1n) is 6.18. The molecule has 3 aromatic heterocycles.